The molecule has 0 saturated carbocycles. The van der Waals surface area contributed by atoms with Crippen molar-refractivity contribution in [3.05, 3.63) is 39.9 Å². The highest BCUT2D eigenvalue weighted by atomic mass is 35.5. The Morgan fingerprint density at radius 3 is 2.28 bits per heavy atom. The molecule has 3 nitrogen and oxygen atoms in total. The summed E-state index contributed by atoms with van der Waals surface area (Å²) in [5, 5.41) is 0.936. The summed E-state index contributed by atoms with van der Waals surface area (Å²) in [5.41, 5.74) is 5.71. The van der Waals surface area contributed by atoms with Gasteiger partial charge in [0.25, 0.3) is 0 Å². The summed E-state index contributed by atoms with van der Waals surface area (Å²) in [5.74, 6) is -0.494. The minimum absolute atomic E-state index is 0.452. The number of halogens is 2. The van der Waals surface area contributed by atoms with Crippen molar-refractivity contribution in [2.45, 2.75) is 13.8 Å². The van der Waals surface area contributed by atoms with Crippen molar-refractivity contribution < 1.29 is 9.53 Å². The first-order valence-electron chi connectivity index (χ1n) is 5.51. The predicted octanol–water partition coefficient (Wildman–Crippen LogP) is 3.53. The summed E-state index contributed by atoms with van der Waals surface area (Å²) in [6.45, 7) is 5.67. The molecule has 0 bridgehead atoms. The first kappa shape index (κ1) is 17.0. The first-order valence-corrected chi connectivity index (χ1v) is 6.27. The van der Waals surface area contributed by atoms with Crippen LogP contribution in [0, 0.1) is 0 Å². The molecular formula is C13H17Cl2NO2. The van der Waals surface area contributed by atoms with E-state index in [-0.39, 0.29) is 0 Å². The van der Waals surface area contributed by atoms with Gasteiger partial charge in [-0.2, -0.15) is 0 Å². The Bertz CT molecular complexity index is 404. The molecule has 0 aromatic heterocycles. The maximum atomic E-state index is 10.4. The van der Waals surface area contributed by atoms with Gasteiger partial charge in [-0.25, -0.2) is 0 Å². The molecule has 0 atom stereocenters. The third kappa shape index (κ3) is 8.12. The van der Waals surface area contributed by atoms with Crippen molar-refractivity contribution in [2.24, 2.45) is 5.73 Å². The Morgan fingerprint density at radius 1 is 1.28 bits per heavy atom. The van der Waals surface area contributed by atoms with Crippen molar-refractivity contribution in [2.75, 3.05) is 13.2 Å². The SMILES string of the molecule is CCOCC.NC(=O)/C=C/c1ccc(Cl)c(Cl)c1. The van der Waals surface area contributed by atoms with Gasteiger partial charge in [0.1, 0.15) is 0 Å². The number of hydrogen-bond acceptors (Lipinski definition) is 2. The van der Waals surface area contributed by atoms with Gasteiger partial charge in [0.05, 0.1) is 10.0 Å². The number of rotatable bonds is 4. The zero-order valence-electron chi connectivity index (χ0n) is 10.5. The predicted molar refractivity (Wildman–Crippen MR) is 76.9 cm³/mol. The average Bonchev–Trinajstić information content (AvgIpc) is 2.32. The molecule has 1 amide bonds. The van der Waals surface area contributed by atoms with Crippen molar-refractivity contribution in [3.63, 3.8) is 0 Å². The third-order valence-corrected chi connectivity index (χ3v) is 2.53. The van der Waals surface area contributed by atoms with Crippen molar-refractivity contribution in [3.8, 4) is 0 Å². The number of amides is 1. The fourth-order valence-electron chi connectivity index (χ4n) is 0.999. The van der Waals surface area contributed by atoms with Crippen LogP contribution in [-0.2, 0) is 9.53 Å². The van der Waals surface area contributed by atoms with Crippen LogP contribution in [0.5, 0.6) is 0 Å². The van der Waals surface area contributed by atoms with Gasteiger partial charge in [-0.1, -0.05) is 29.3 Å². The standard InChI is InChI=1S/C9H7Cl2NO.C4H10O/c10-7-3-1-6(5-8(7)11)2-4-9(12)13;1-3-5-4-2/h1-5H,(H2,12,13);3-4H2,1-2H3/b4-2+;. The second kappa shape index (κ2) is 9.95. The quantitative estimate of drug-likeness (QED) is 0.862. The zero-order chi connectivity index (χ0) is 14.0. The van der Waals surface area contributed by atoms with Crippen LogP contribution < -0.4 is 5.73 Å². The van der Waals surface area contributed by atoms with Gasteiger partial charge in [0, 0.05) is 19.3 Å². The molecule has 0 aliphatic heterocycles. The molecule has 1 aromatic rings. The van der Waals surface area contributed by atoms with E-state index < -0.39 is 5.91 Å². The lowest BCUT2D eigenvalue weighted by molar-refractivity contribution is -0.113. The Balaban J connectivity index is 0.000000494. The van der Waals surface area contributed by atoms with Gasteiger partial charge < -0.3 is 10.5 Å². The van der Waals surface area contributed by atoms with Crippen molar-refractivity contribution >= 4 is 35.2 Å². The Hall–Kier alpha value is -1.03. The number of benzene rings is 1. The molecule has 0 aliphatic rings. The number of primary amides is 1. The molecule has 0 saturated heterocycles. The van der Waals surface area contributed by atoms with Crippen LogP contribution in [0.25, 0.3) is 6.08 Å². The molecule has 0 radical (unpaired) electrons. The molecule has 2 N–H and O–H groups in total. The van der Waals surface area contributed by atoms with E-state index in [2.05, 4.69) is 0 Å². The highest BCUT2D eigenvalue weighted by Gasteiger charge is 1.96. The molecular weight excluding hydrogens is 273 g/mol. The Labute approximate surface area is 118 Å². The fraction of sp³-hybridized carbons (Fsp3) is 0.308. The largest absolute Gasteiger partial charge is 0.382 e. The smallest absolute Gasteiger partial charge is 0.241 e. The topological polar surface area (TPSA) is 52.3 Å². The van der Waals surface area contributed by atoms with Gasteiger partial charge in [0.2, 0.25) is 5.91 Å². The van der Waals surface area contributed by atoms with Gasteiger partial charge in [-0.15, -0.1) is 0 Å². The summed E-state index contributed by atoms with van der Waals surface area (Å²) >= 11 is 11.4. The molecule has 0 spiro atoms. The van der Waals surface area contributed by atoms with Gasteiger partial charge in [-0.05, 0) is 37.6 Å². The molecule has 5 heteroatoms. The van der Waals surface area contributed by atoms with Gasteiger partial charge in [-0.3, -0.25) is 4.79 Å². The fourth-order valence-corrected chi connectivity index (χ4v) is 1.31. The maximum absolute atomic E-state index is 10.4. The van der Waals surface area contributed by atoms with E-state index in [9.17, 15) is 4.79 Å². The molecule has 1 rings (SSSR count). The number of ether oxygens (including phenoxy) is 1. The van der Waals surface area contributed by atoms with E-state index in [1.54, 1.807) is 24.3 Å². The summed E-state index contributed by atoms with van der Waals surface area (Å²) in [4.78, 5) is 10.4. The molecule has 18 heavy (non-hydrogen) atoms. The lowest BCUT2D eigenvalue weighted by Crippen LogP contribution is -2.04. The van der Waals surface area contributed by atoms with E-state index in [4.69, 9.17) is 33.7 Å². The summed E-state index contributed by atoms with van der Waals surface area (Å²) in [6.07, 6.45) is 2.84. The summed E-state index contributed by atoms with van der Waals surface area (Å²) < 4.78 is 4.83. The minimum atomic E-state index is -0.494. The van der Waals surface area contributed by atoms with Crippen LogP contribution in [-0.4, -0.2) is 19.1 Å². The molecule has 1 aromatic carbocycles. The highest BCUT2D eigenvalue weighted by molar-refractivity contribution is 6.42. The third-order valence-electron chi connectivity index (χ3n) is 1.79. The molecule has 0 aliphatic carbocycles. The first-order chi connectivity index (χ1) is 8.51. The van der Waals surface area contributed by atoms with Crippen LogP contribution in [0.1, 0.15) is 19.4 Å². The van der Waals surface area contributed by atoms with Crippen LogP contribution in [0.3, 0.4) is 0 Å². The van der Waals surface area contributed by atoms with E-state index >= 15 is 0 Å². The number of hydrogen-bond donors (Lipinski definition) is 1. The Morgan fingerprint density at radius 2 is 1.89 bits per heavy atom. The monoisotopic (exact) mass is 289 g/mol. The highest BCUT2D eigenvalue weighted by Crippen LogP contribution is 2.22. The normalized spacial score (nSPS) is 10.0. The molecule has 0 fully saturated rings. The van der Waals surface area contributed by atoms with Gasteiger partial charge in [0.15, 0.2) is 0 Å². The van der Waals surface area contributed by atoms with Crippen LogP contribution in [0.2, 0.25) is 10.0 Å². The Kier molecular flexibility index (Phi) is 9.38. The lowest BCUT2D eigenvalue weighted by atomic mass is 10.2. The lowest BCUT2D eigenvalue weighted by Gasteiger charge is -1.96. The van der Waals surface area contributed by atoms with Crippen LogP contribution in [0.15, 0.2) is 24.3 Å². The van der Waals surface area contributed by atoms with Crippen molar-refractivity contribution in [1.29, 1.82) is 0 Å². The second-order valence-electron chi connectivity index (χ2n) is 3.19. The minimum Gasteiger partial charge on any atom is -0.382 e. The van der Waals surface area contributed by atoms with E-state index in [0.29, 0.717) is 10.0 Å². The number of carbonyl (C=O) groups is 1. The van der Waals surface area contributed by atoms with Crippen molar-refractivity contribution in [1.82, 2.24) is 0 Å². The van der Waals surface area contributed by atoms with Crippen LogP contribution in [0.4, 0.5) is 0 Å². The molecule has 0 heterocycles. The molecule has 100 valence electrons. The van der Waals surface area contributed by atoms with Gasteiger partial charge >= 0.3 is 0 Å². The summed E-state index contributed by atoms with van der Waals surface area (Å²) in [7, 11) is 0. The molecule has 0 unspecified atom stereocenters. The maximum Gasteiger partial charge on any atom is 0.241 e. The second-order valence-corrected chi connectivity index (χ2v) is 4.01. The van der Waals surface area contributed by atoms with E-state index in [1.165, 1.54) is 6.08 Å². The zero-order valence-corrected chi connectivity index (χ0v) is 12.0. The number of nitrogens with two attached hydrogens (primary N) is 1. The number of carbonyl (C=O) groups excluding carboxylic acids is 1. The summed E-state index contributed by atoms with van der Waals surface area (Å²) in [6, 6.07) is 5.06. The van der Waals surface area contributed by atoms with Crippen LogP contribution >= 0.6 is 23.2 Å². The van der Waals surface area contributed by atoms with E-state index in [0.717, 1.165) is 18.8 Å². The van der Waals surface area contributed by atoms with E-state index in [1.807, 2.05) is 13.8 Å². The average molecular weight is 290 g/mol.